The van der Waals surface area contributed by atoms with Crippen LogP contribution < -0.4 is 10.6 Å². The molecule has 1 aromatic heterocycles. The lowest BCUT2D eigenvalue weighted by atomic mass is 10.1. The van der Waals surface area contributed by atoms with Crippen molar-refractivity contribution in [3.8, 4) is 0 Å². The van der Waals surface area contributed by atoms with Crippen LogP contribution >= 0.6 is 24.0 Å². The van der Waals surface area contributed by atoms with Crippen molar-refractivity contribution in [2.24, 2.45) is 4.99 Å². The summed E-state index contributed by atoms with van der Waals surface area (Å²) < 4.78 is 13.4. The molecule has 0 bridgehead atoms. The second-order valence-electron chi connectivity index (χ2n) is 5.72. The van der Waals surface area contributed by atoms with Crippen molar-refractivity contribution in [2.45, 2.75) is 12.8 Å². The molecule has 2 aromatic rings. The second-order valence-corrected chi connectivity index (χ2v) is 5.72. The molecule has 2 rings (SSSR count). The molecule has 8 heteroatoms. The SMILES string of the molecule is CN=C(NCCC(=O)N(C)C)NCCc1c[nH]c2ccc(F)cc12.I. The zero-order chi connectivity index (χ0) is 17.5. The Hall–Kier alpha value is -1.84. The number of H-pyrrole nitrogens is 1. The first-order chi connectivity index (χ1) is 11.5. The average Bonchev–Trinajstić information content (AvgIpc) is 2.95. The van der Waals surface area contributed by atoms with Crippen molar-refractivity contribution in [1.82, 2.24) is 20.5 Å². The summed E-state index contributed by atoms with van der Waals surface area (Å²) in [7, 11) is 5.16. The molecule has 6 nitrogen and oxygen atoms in total. The standard InChI is InChI=1S/C17H24FN5O.HI/c1-19-17(21-9-7-16(24)23(2)3)20-8-6-12-11-22-15-5-4-13(18)10-14(12)15;/h4-5,10-11,22H,6-9H2,1-3H3,(H2,19,20,21);1H. The Kier molecular flexibility index (Phi) is 8.67. The van der Waals surface area contributed by atoms with Gasteiger partial charge in [-0.25, -0.2) is 4.39 Å². The van der Waals surface area contributed by atoms with Crippen molar-refractivity contribution in [1.29, 1.82) is 0 Å². The van der Waals surface area contributed by atoms with Crippen LogP contribution in [0.25, 0.3) is 10.9 Å². The summed E-state index contributed by atoms with van der Waals surface area (Å²) in [5, 5.41) is 7.20. The summed E-state index contributed by atoms with van der Waals surface area (Å²) in [5.74, 6) is 0.477. The van der Waals surface area contributed by atoms with Crippen LogP contribution in [0.3, 0.4) is 0 Å². The molecule has 3 N–H and O–H groups in total. The largest absolute Gasteiger partial charge is 0.361 e. The number of halogens is 2. The highest BCUT2D eigenvalue weighted by atomic mass is 127. The van der Waals surface area contributed by atoms with E-state index in [4.69, 9.17) is 0 Å². The van der Waals surface area contributed by atoms with E-state index in [9.17, 15) is 9.18 Å². The van der Waals surface area contributed by atoms with Gasteiger partial charge in [-0.2, -0.15) is 0 Å². The van der Waals surface area contributed by atoms with Gasteiger partial charge in [0.25, 0.3) is 0 Å². The van der Waals surface area contributed by atoms with Gasteiger partial charge in [0.05, 0.1) is 0 Å². The number of carbonyl (C=O) groups is 1. The fraction of sp³-hybridized carbons (Fsp3) is 0.412. The lowest BCUT2D eigenvalue weighted by Gasteiger charge is -2.13. The van der Waals surface area contributed by atoms with Crippen molar-refractivity contribution >= 4 is 46.7 Å². The van der Waals surface area contributed by atoms with E-state index < -0.39 is 0 Å². The Morgan fingerprint density at radius 2 is 2.00 bits per heavy atom. The molecule has 0 radical (unpaired) electrons. The minimum atomic E-state index is -0.237. The van der Waals surface area contributed by atoms with Crippen LogP contribution in [0, 0.1) is 5.82 Å². The summed E-state index contributed by atoms with van der Waals surface area (Å²) in [5.41, 5.74) is 1.98. The fourth-order valence-corrected chi connectivity index (χ4v) is 2.41. The van der Waals surface area contributed by atoms with E-state index >= 15 is 0 Å². The van der Waals surface area contributed by atoms with E-state index in [1.807, 2.05) is 6.20 Å². The number of rotatable bonds is 6. The van der Waals surface area contributed by atoms with Crippen LogP contribution in [0.15, 0.2) is 29.4 Å². The lowest BCUT2D eigenvalue weighted by Crippen LogP contribution is -2.40. The van der Waals surface area contributed by atoms with Gasteiger partial charge in [0, 0.05) is 57.8 Å². The van der Waals surface area contributed by atoms with Crippen LogP contribution in [0.2, 0.25) is 0 Å². The summed E-state index contributed by atoms with van der Waals surface area (Å²) >= 11 is 0. The number of fused-ring (bicyclic) bond motifs is 1. The van der Waals surface area contributed by atoms with Gasteiger partial charge >= 0.3 is 0 Å². The molecular weight excluding hydrogens is 436 g/mol. The van der Waals surface area contributed by atoms with E-state index in [1.54, 1.807) is 38.2 Å². The molecule has 1 amide bonds. The van der Waals surface area contributed by atoms with Gasteiger partial charge in [0.2, 0.25) is 5.91 Å². The molecule has 0 spiro atoms. The lowest BCUT2D eigenvalue weighted by molar-refractivity contribution is -0.128. The van der Waals surface area contributed by atoms with Gasteiger partial charge in [0.15, 0.2) is 5.96 Å². The van der Waals surface area contributed by atoms with Crippen LogP contribution in [0.1, 0.15) is 12.0 Å². The summed E-state index contributed by atoms with van der Waals surface area (Å²) in [6, 6.07) is 4.73. The van der Waals surface area contributed by atoms with Gasteiger partial charge in [-0.1, -0.05) is 0 Å². The third kappa shape index (κ3) is 6.18. The fourth-order valence-electron chi connectivity index (χ4n) is 2.41. The molecule has 0 fully saturated rings. The highest BCUT2D eigenvalue weighted by molar-refractivity contribution is 14.0. The molecule has 25 heavy (non-hydrogen) atoms. The van der Waals surface area contributed by atoms with Crippen molar-refractivity contribution in [2.75, 3.05) is 34.2 Å². The quantitative estimate of drug-likeness (QED) is 0.351. The molecular formula is C17H25FIN5O. The zero-order valence-corrected chi connectivity index (χ0v) is 17.1. The normalized spacial score (nSPS) is 11.1. The number of aromatic amines is 1. The molecule has 1 heterocycles. The Balaban J connectivity index is 0.00000312. The number of amides is 1. The first-order valence-corrected chi connectivity index (χ1v) is 7.91. The van der Waals surface area contributed by atoms with Crippen LogP contribution in [-0.2, 0) is 11.2 Å². The topological polar surface area (TPSA) is 72.5 Å². The summed E-state index contributed by atoms with van der Waals surface area (Å²) in [6.45, 7) is 1.18. The maximum Gasteiger partial charge on any atom is 0.223 e. The predicted molar refractivity (Wildman–Crippen MR) is 110 cm³/mol. The van der Waals surface area contributed by atoms with Gasteiger partial charge in [-0.05, 0) is 30.2 Å². The zero-order valence-electron chi connectivity index (χ0n) is 14.7. The number of hydrogen-bond acceptors (Lipinski definition) is 2. The predicted octanol–water partition coefficient (Wildman–Crippen LogP) is 2.11. The molecule has 0 aliphatic rings. The first kappa shape index (κ1) is 21.2. The van der Waals surface area contributed by atoms with E-state index in [0.717, 1.165) is 22.9 Å². The molecule has 0 atom stereocenters. The number of guanidine groups is 1. The number of aliphatic imine (C=N–C) groups is 1. The minimum absolute atomic E-state index is 0. The van der Waals surface area contributed by atoms with E-state index in [2.05, 4.69) is 20.6 Å². The maximum absolute atomic E-state index is 13.4. The molecule has 1 aromatic carbocycles. The highest BCUT2D eigenvalue weighted by Gasteiger charge is 2.06. The third-order valence-corrected chi connectivity index (χ3v) is 3.77. The van der Waals surface area contributed by atoms with Crippen LogP contribution in [-0.4, -0.2) is 56.0 Å². The average molecular weight is 461 g/mol. The number of benzene rings is 1. The smallest absolute Gasteiger partial charge is 0.223 e. The van der Waals surface area contributed by atoms with Gasteiger partial charge in [0.1, 0.15) is 5.82 Å². The Bertz CT molecular complexity index is 729. The molecule has 138 valence electrons. The third-order valence-electron chi connectivity index (χ3n) is 3.77. The highest BCUT2D eigenvalue weighted by Crippen LogP contribution is 2.19. The summed E-state index contributed by atoms with van der Waals surface area (Å²) in [4.78, 5) is 20.4. The van der Waals surface area contributed by atoms with Crippen LogP contribution in [0.4, 0.5) is 4.39 Å². The van der Waals surface area contributed by atoms with E-state index in [0.29, 0.717) is 25.5 Å². The van der Waals surface area contributed by atoms with Crippen LogP contribution in [0.5, 0.6) is 0 Å². The first-order valence-electron chi connectivity index (χ1n) is 7.91. The molecule has 0 saturated heterocycles. The maximum atomic E-state index is 13.4. The Morgan fingerprint density at radius 3 is 2.68 bits per heavy atom. The Morgan fingerprint density at radius 1 is 1.28 bits per heavy atom. The van der Waals surface area contributed by atoms with E-state index in [-0.39, 0.29) is 35.7 Å². The second kappa shape index (κ2) is 10.2. The number of hydrogen-bond donors (Lipinski definition) is 3. The van der Waals surface area contributed by atoms with Crippen molar-refractivity contribution in [3.63, 3.8) is 0 Å². The van der Waals surface area contributed by atoms with Crippen molar-refractivity contribution in [3.05, 3.63) is 35.8 Å². The number of aromatic nitrogens is 1. The molecule has 0 unspecified atom stereocenters. The van der Waals surface area contributed by atoms with Gasteiger partial charge in [-0.3, -0.25) is 9.79 Å². The minimum Gasteiger partial charge on any atom is -0.361 e. The number of carbonyl (C=O) groups excluding carboxylic acids is 1. The molecule has 0 saturated carbocycles. The molecule has 0 aliphatic heterocycles. The monoisotopic (exact) mass is 461 g/mol. The van der Waals surface area contributed by atoms with E-state index in [1.165, 1.54) is 6.07 Å². The number of nitrogens with zero attached hydrogens (tertiary/aromatic N) is 2. The van der Waals surface area contributed by atoms with Gasteiger partial charge < -0.3 is 20.5 Å². The molecule has 0 aliphatic carbocycles. The summed E-state index contributed by atoms with van der Waals surface area (Å²) in [6.07, 6.45) is 3.05. The number of nitrogens with one attached hydrogen (secondary N) is 3. The van der Waals surface area contributed by atoms with Crippen molar-refractivity contribution < 1.29 is 9.18 Å². The van der Waals surface area contributed by atoms with Gasteiger partial charge in [-0.15, -0.1) is 24.0 Å². The Labute approximate surface area is 164 Å².